The van der Waals surface area contributed by atoms with Gasteiger partial charge in [-0.25, -0.2) is 0 Å². The minimum Gasteiger partial charge on any atom is -0.481 e. The Labute approximate surface area is 123 Å². The molecule has 0 atom stereocenters. The minimum absolute atomic E-state index is 0.206. The summed E-state index contributed by atoms with van der Waals surface area (Å²) >= 11 is 5.47. The number of nitrogens with one attached hydrogen (secondary N) is 1. The van der Waals surface area contributed by atoms with Crippen molar-refractivity contribution in [1.29, 1.82) is 0 Å². The number of aromatic nitrogens is 3. The van der Waals surface area contributed by atoms with Gasteiger partial charge in [0.15, 0.2) is 10.4 Å². The molecule has 0 aromatic carbocycles. The van der Waals surface area contributed by atoms with Crippen molar-refractivity contribution in [2.45, 2.75) is 31.3 Å². The molecule has 5 nitrogen and oxygen atoms in total. The molecule has 0 bridgehead atoms. The molecule has 1 saturated carbocycles. The van der Waals surface area contributed by atoms with Crippen molar-refractivity contribution in [3.8, 4) is 5.88 Å². The average molecular weight is 292 g/mol. The van der Waals surface area contributed by atoms with Crippen molar-refractivity contribution in [2.24, 2.45) is 0 Å². The Morgan fingerprint density at radius 1 is 1.45 bits per heavy atom. The van der Waals surface area contributed by atoms with Gasteiger partial charge in [0.2, 0.25) is 5.88 Å². The van der Waals surface area contributed by atoms with Crippen LogP contribution in [0, 0.1) is 4.77 Å². The maximum absolute atomic E-state index is 5.47. The van der Waals surface area contributed by atoms with Crippen molar-refractivity contribution in [2.75, 3.05) is 21.2 Å². The SMILES string of the molecule is COc1ccc2[nH]c(=S)n(CC3(N(C)C)CCC3)c2n1. The number of hydrogen-bond donors (Lipinski definition) is 1. The molecule has 0 aliphatic heterocycles. The third-order valence-corrected chi connectivity index (χ3v) is 4.81. The summed E-state index contributed by atoms with van der Waals surface area (Å²) in [5.74, 6) is 0.618. The molecule has 2 heterocycles. The van der Waals surface area contributed by atoms with Crippen LogP contribution >= 0.6 is 12.2 Å². The lowest BCUT2D eigenvalue weighted by Crippen LogP contribution is -2.53. The molecule has 1 aliphatic carbocycles. The first-order valence-corrected chi connectivity index (χ1v) is 7.27. The molecule has 3 rings (SSSR count). The number of pyridine rings is 1. The molecule has 2 aromatic heterocycles. The highest BCUT2D eigenvalue weighted by Gasteiger charge is 2.39. The van der Waals surface area contributed by atoms with E-state index in [2.05, 4.69) is 33.5 Å². The molecule has 1 aliphatic rings. The van der Waals surface area contributed by atoms with Crippen molar-refractivity contribution < 1.29 is 4.74 Å². The highest BCUT2D eigenvalue weighted by atomic mass is 32.1. The average Bonchev–Trinajstić information content (AvgIpc) is 2.68. The van der Waals surface area contributed by atoms with E-state index in [9.17, 15) is 0 Å². The van der Waals surface area contributed by atoms with Crippen LogP contribution in [0.2, 0.25) is 0 Å². The van der Waals surface area contributed by atoms with Gasteiger partial charge in [-0.15, -0.1) is 0 Å². The zero-order chi connectivity index (χ0) is 14.3. The van der Waals surface area contributed by atoms with E-state index in [0.29, 0.717) is 5.88 Å². The van der Waals surface area contributed by atoms with E-state index < -0.39 is 0 Å². The van der Waals surface area contributed by atoms with E-state index in [0.717, 1.165) is 22.5 Å². The molecule has 6 heteroatoms. The van der Waals surface area contributed by atoms with Crippen LogP contribution in [-0.2, 0) is 6.54 Å². The number of imidazole rings is 1. The number of hydrogen-bond acceptors (Lipinski definition) is 4. The van der Waals surface area contributed by atoms with Gasteiger partial charge < -0.3 is 14.6 Å². The van der Waals surface area contributed by atoms with E-state index in [1.54, 1.807) is 7.11 Å². The van der Waals surface area contributed by atoms with Gasteiger partial charge in [-0.3, -0.25) is 4.57 Å². The van der Waals surface area contributed by atoms with E-state index in [1.807, 2.05) is 12.1 Å². The number of nitrogens with zero attached hydrogens (tertiary/aromatic N) is 3. The predicted octanol–water partition coefficient (Wildman–Crippen LogP) is 2.59. The first-order chi connectivity index (χ1) is 9.55. The first kappa shape index (κ1) is 13.6. The molecule has 0 radical (unpaired) electrons. The standard InChI is InChI=1S/C14H20N4OS/c1-17(2)14(7-4-8-14)9-18-12-10(15-13(18)20)5-6-11(16-12)19-3/h5-6H,4,7-9H2,1-3H3,(H,15,20). The number of fused-ring (bicyclic) bond motifs is 1. The van der Waals surface area contributed by atoms with Gasteiger partial charge in [0.25, 0.3) is 0 Å². The minimum atomic E-state index is 0.206. The van der Waals surface area contributed by atoms with Crippen LogP contribution in [0.5, 0.6) is 5.88 Å². The maximum atomic E-state index is 5.47. The molecular formula is C14H20N4OS. The van der Waals surface area contributed by atoms with Crippen LogP contribution in [0.1, 0.15) is 19.3 Å². The number of H-pyrrole nitrogens is 1. The van der Waals surface area contributed by atoms with Crippen LogP contribution in [-0.4, -0.2) is 46.2 Å². The lowest BCUT2D eigenvalue weighted by atomic mass is 9.75. The zero-order valence-corrected chi connectivity index (χ0v) is 13.0. The molecule has 20 heavy (non-hydrogen) atoms. The monoisotopic (exact) mass is 292 g/mol. The van der Waals surface area contributed by atoms with Crippen LogP contribution in [0.3, 0.4) is 0 Å². The van der Waals surface area contributed by atoms with E-state index in [1.165, 1.54) is 19.3 Å². The summed E-state index contributed by atoms with van der Waals surface area (Å²) in [4.78, 5) is 10.1. The predicted molar refractivity (Wildman–Crippen MR) is 81.7 cm³/mol. The maximum Gasteiger partial charge on any atom is 0.215 e. The Kier molecular flexibility index (Phi) is 3.30. The molecular weight excluding hydrogens is 272 g/mol. The van der Waals surface area contributed by atoms with Crippen molar-refractivity contribution in [3.63, 3.8) is 0 Å². The highest BCUT2D eigenvalue weighted by molar-refractivity contribution is 7.71. The van der Waals surface area contributed by atoms with Gasteiger partial charge in [0.1, 0.15) is 0 Å². The number of ether oxygens (including phenoxy) is 1. The van der Waals surface area contributed by atoms with E-state index >= 15 is 0 Å². The third kappa shape index (κ3) is 2.03. The fraction of sp³-hybridized carbons (Fsp3) is 0.571. The van der Waals surface area contributed by atoms with Crippen molar-refractivity contribution in [3.05, 3.63) is 16.9 Å². The Morgan fingerprint density at radius 3 is 2.75 bits per heavy atom. The number of rotatable bonds is 4. The topological polar surface area (TPSA) is 46.1 Å². The summed E-state index contributed by atoms with van der Waals surface area (Å²) in [6.45, 7) is 0.874. The van der Waals surface area contributed by atoms with Gasteiger partial charge in [0, 0.05) is 18.2 Å². The lowest BCUT2D eigenvalue weighted by Gasteiger charge is -2.47. The quantitative estimate of drug-likeness (QED) is 0.880. The molecule has 0 saturated heterocycles. The summed E-state index contributed by atoms with van der Waals surface area (Å²) in [6, 6.07) is 3.82. The second-order valence-electron chi connectivity index (χ2n) is 5.71. The van der Waals surface area contributed by atoms with Gasteiger partial charge in [0.05, 0.1) is 12.6 Å². The van der Waals surface area contributed by atoms with Crippen LogP contribution < -0.4 is 4.74 Å². The van der Waals surface area contributed by atoms with Crippen molar-refractivity contribution >= 4 is 23.4 Å². The van der Waals surface area contributed by atoms with Crippen LogP contribution in [0.25, 0.3) is 11.2 Å². The molecule has 1 N–H and O–H groups in total. The molecule has 0 unspecified atom stereocenters. The van der Waals surface area contributed by atoms with E-state index in [-0.39, 0.29) is 5.54 Å². The zero-order valence-electron chi connectivity index (χ0n) is 12.1. The van der Waals surface area contributed by atoms with Gasteiger partial charge in [-0.1, -0.05) is 0 Å². The Bertz CT molecular complexity index is 684. The fourth-order valence-corrected chi connectivity index (χ4v) is 3.16. The summed E-state index contributed by atoms with van der Waals surface area (Å²) in [5.41, 5.74) is 2.05. The van der Waals surface area contributed by atoms with Crippen LogP contribution in [0.4, 0.5) is 0 Å². The summed E-state index contributed by atoms with van der Waals surface area (Å²) in [6.07, 6.45) is 3.70. The number of methoxy groups -OCH3 is 1. The first-order valence-electron chi connectivity index (χ1n) is 6.87. The number of aromatic amines is 1. The molecule has 2 aromatic rings. The summed E-state index contributed by atoms with van der Waals surface area (Å²) < 4.78 is 8.06. The summed E-state index contributed by atoms with van der Waals surface area (Å²) in [5, 5.41) is 0. The van der Waals surface area contributed by atoms with Crippen LogP contribution in [0.15, 0.2) is 12.1 Å². The largest absolute Gasteiger partial charge is 0.481 e. The Hall–Kier alpha value is -1.40. The molecule has 0 spiro atoms. The van der Waals surface area contributed by atoms with Gasteiger partial charge >= 0.3 is 0 Å². The van der Waals surface area contributed by atoms with Crippen molar-refractivity contribution in [1.82, 2.24) is 19.4 Å². The second kappa shape index (κ2) is 4.86. The Morgan fingerprint density at radius 2 is 2.20 bits per heavy atom. The molecule has 108 valence electrons. The van der Waals surface area contributed by atoms with Gasteiger partial charge in [-0.05, 0) is 51.6 Å². The lowest BCUT2D eigenvalue weighted by molar-refractivity contribution is 0.0430. The Balaban J connectivity index is 2.06. The second-order valence-corrected chi connectivity index (χ2v) is 6.10. The fourth-order valence-electron chi connectivity index (χ4n) is 2.90. The third-order valence-electron chi connectivity index (χ3n) is 4.49. The molecule has 0 amide bonds. The highest BCUT2D eigenvalue weighted by Crippen LogP contribution is 2.38. The number of likely N-dealkylation sites (N-methyl/N-ethyl adjacent to an activating group) is 1. The van der Waals surface area contributed by atoms with Gasteiger partial charge in [-0.2, -0.15) is 4.98 Å². The van der Waals surface area contributed by atoms with E-state index in [4.69, 9.17) is 17.0 Å². The molecule has 1 fully saturated rings. The summed E-state index contributed by atoms with van der Waals surface area (Å²) in [7, 11) is 5.92. The smallest absolute Gasteiger partial charge is 0.215 e. The normalized spacial score (nSPS) is 17.4.